The minimum Gasteiger partial charge on any atom is -0.497 e. The Hall–Kier alpha value is -2.24. The van der Waals surface area contributed by atoms with E-state index in [0.717, 1.165) is 42.7 Å². The van der Waals surface area contributed by atoms with Gasteiger partial charge in [0, 0.05) is 25.1 Å². The second-order valence-electron chi connectivity index (χ2n) is 6.63. The van der Waals surface area contributed by atoms with Crippen LogP contribution in [-0.4, -0.2) is 55.5 Å². The first kappa shape index (κ1) is 17.6. The number of ether oxygens (including phenoxy) is 2. The van der Waals surface area contributed by atoms with Gasteiger partial charge in [0.2, 0.25) is 11.8 Å². The van der Waals surface area contributed by atoms with Gasteiger partial charge in [-0.25, -0.2) is 0 Å². The van der Waals surface area contributed by atoms with Crippen LogP contribution >= 0.6 is 0 Å². The molecule has 3 rings (SSSR count). The first-order valence-electron chi connectivity index (χ1n) is 8.93. The molecule has 2 fully saturated rings. The molecule has 2 aliphatic heterocycles. The number of amides is 2. The number of benzene rings is 1. The van der Waals surface area contributed by atoms with Crippen molar-refractivity contribution in [3.8, 4) is 11.5 Å². The van der Waals surface area contributed by atoms with Crippen LogP contribution in [-0.2, 0) is 9.59 Å². The zero-order chi connectivity index (χ0) is 17.8. The molecule has 0 aliphatic carbocycles. The summed E-state index contributed by atoms with van der Waals surface area (Å²) < 4.78 is 10.8. The molecule has 25 heavy (non-hydrogen) atoms. The van der Waals surface area contributed by atoms with E-state index in [9.17, 15) is 9.59 Å². The first-order valence-corrected chi connectivity index (χ1v) is 8.93. The maximum Gasteiger partial charge on any atom is 0.242 e. The Labute approximate surface area is 148 Å². The van der Waals surface area contributed by atoms with Gasteiger partial charge in [-0.05, 0) is 43.9 Å². The molecule has 2 amide bonds. The van der Waals surface area contributed by atoms with E-state index in [2.05, 4.69) is 0 Å². The van der Waals surface area contributed by atoms with E-state index in [0.29, 0.717) is 19.5 Å². The Morgan fingerprint density at radius 2 is 2.00 bits per heavy atom. The summed E-state index contributed by atoms with van der Waals surface area (Å²) in [5.41, 5.74) is 0.970. The lowest BCUT2D eigenvalue weighted by molar-refractivity contribution is -0.142. The highest BCUT2D eigenvalue weighted by Crippen LogP contribution is 2.39. The van der Waals surface area contributed by atoms with Crippen LogP contribution < -0.4 is 9.47 Å². The summed E-state index contributed by atoms with van der Waals surface area (Å²) >= 11 is 0. The van der Waals surface area contributed by atoms with Gasteiger partial charge >= 0.3 is 0 Å². The molecular formula is C19H26N2O4. The van der Waals surface area contributed by atoms with E-state index in [1.807, 2.05) is 23.1 Å². The number of hydrogen-bond donors (Lipinski definition) is 0. The highest BCUT2D eigenvalue weighted by molar-refractivity contribution is 5.85. The third-order valence-electron chi connectivity index (χ3n) is 5.12. The smallest absolute Gasteiger partial charge is 0.242 e. The predicted molar refractivity (Wildman–Crippen MR) is 93.7 cm³/mol. The van der Waals surface area contributed by atoms with E-state index in [1.54, 1.807) is 19.1 Å². The number of rotatable bonds is 5. The summed E-state index contributed by atoms with van der Waals surface area (Å²) in [6.07, 6.45) is 4.30. The van der Waals surface area contributed by atoms with Crippen molar-refractivity contribution >= 4 is 11.8 Å². The summed E-state index contributed by atoms with van der Waals surface area (Å²) in [5, 5.41) is 0. The lowest BCUT2D eigenvalue weighted by Crippen LogP contribution is -2.44. The van der Waals surface area contributed by atoms with Gasteiger partial charge in [-0.1, -0.05) is 0 Å². The zero-order valence-corrected chi connectivity index (χ0v) is 15.0. The Bertz CT molecular complexity index is 646. The molecule has 0 N–H and O–H groups in total. The fourth-order valence-corrected chi connectivity index (χ4v) is 3.77. The van der Waals surface area contributed by atoms with Crippen molar-refractivity contribution in [3.63, 3.8) is 0 Å². The molecular weight excluding hydrogens is 320 g/mol. The van der Waals surface area contributed by atoms with E-state index in [4.69, 9.17) is 9.47 Å². The van der Waals surface area contributed by atoms with Crippen molar-refractivity contribution in [2.75, 3.05) is 33.9 Å². The highest BCUT2D eigenvalue weighted by Gasteiger charge is 2.33. The molecule has 136 valence electrons. The molecule has 0 spiro atoms. The summed E-state index contributed by atoms with van der Waals surface area (Å²) in [6, 6.07) is 5.65. The van der Waals surface area contributed by atoms with E-state index >= 15 is 0 Å². The third kappa shape index (κ3) is 3.72. The number of likely N-dealkylation sites (tertiary alicyclic amines) is 2. The predicted octanol–water partition coefficient (Wildman–Crippen LogP) is 2.38. The highest BCUT2D eigenvalue weighted by atomic mass is 16.5. The average molecular weight is 346 g/mol. The van der Waals surface area contributed by atoms with Gasteiger partial charge in [0.1, 0.15) is 11.5 Å². The SMILES string of the molecule is COc1ccc(OC)c(C2CCCN2C(=O)CN2CCCCC2=O)c1. The standard InChI is InChI=1S/C19H26N2O4/c1-24-14-8-9-17(25-2)15(12-14)16-6-5-11-21(16)19(23)13-20-10-4-3-7-18(20)22/h8-9,12,16H,3-7,10-11,13H2,1-2H3. The first-order chi connectivity index (χ1) is 12.1. The number of nitrogens with zero attached hydrogens (tertiary/aromatic N) is 2. The van der Waals surface area contributed by atoms with Crippen molar-refractivity contribution in [1.82, 2.24) is 9.80 Å². The van der Waals surface area contributed by atoms with Crippen LogP contribution in [0.1, 0.15) is 43.7 Å². The topological polar surface area (TPSA) is 59.1 Å². The van der Waals surface area contributed by atoms with Crippen LogP contribution in [0.25, 0.3) is 0 Å². The maximum atomic E-state index is 12.9. The summed E-state index contributed by atoms with van der Waals surface area (Å²) in [4.78, 5) is 28.4. The van der Waals surface area contributed by atoms with Crippen LogP contribution in [0.2, 0.25) is 0 Å². The molecule has 1 aromatic rings. The van der Waals surface area contributed by atoms with Gasteiger partial charge in [-0.3, -0.25) is 9.59 Å². The molecule has 0 saturated carbocycles. The van der Waals surface area contributed by atoms with E-state index in [-0.39, 0.29) is 24.4 Å². The van der Waals surface area contributed by atoms with Crippen molar-refractivity contribution < 1.29 is 19.1 Å². The van der Waals surface area contributed by atoms with Crippen molar-refractivity contribution in [2.24, 2.45) is 0 Å². The molecule has 0 bridgehead atoms. The van der Waals surface area contributed by atoms with E-state index < -0.39 is 0 Å². The maximum absolute atomic E-state index is 12.9. The van der Waals surface area contributed by atoms with Crippen LogP contribution in [0.5, 0.6) is 11.5 Å². The number of hydrogen-bond acceptors (Lipinski definition) is 4. The second-order valence-corrected chi connectivity index (χ2v) is 6.63. The number of piperidine rings is 1. The Morgan fingerprint density at radius 1 is 1.16 bits per heavy atom. The molecule has 1 atom stereocenters. The van der Waals surface area contributed by atoms with Crippen LogP contribution in [0.15, 0.2) is 18.2 Å². The summed E-state index contributed by atoms with van der Waals surface area (Å²) in [7, 11) is 3.27. The van der Waals surface area contributed by atoms with Crippen molar-refractivity contribution in [3.05, 3.63) is 23.8 Å². The molecule has 1 unspecified atom stereocenters. The molecule has 6 heteroatoms. The van der Waals surface area contributed by atoms with E-state index in [1.165, 1.54) is 0 Å². The fourth-order valence-electron chi connectivity index (χ4n) is 3.77. The zero-order valence-electron chi connectivity index (χ0n) is 15.0. The molecule has 0 radical (unpaired) electrons. The van der Waals surface area contributed by atoms with Gasteiger partial charge in [-0.15, -0.1) is 0 Å². The fraction of sp³-hybridized carbons (Fsp3) is 0.579. The van der Waals surface area contributed by atoms with Crippen LogP contribution in [0.3, 0.4) is 0 Å². The van der Waals surface area contributed by atoms with Crippen molar-refractivity contribution in [2.45, 2.75) is 38.1 Å². The lowest BCUT2D eigenvalue weighted by Gasteiger charge is -2.31. The quantitative estimate of drug-likeness (QED) is 0.821. The molecule has 0 aromatic heterocycles. The molecule has 6 nitrogen and oxygen atoms in total. The minimum absolute atomic E-state index is 0.0163. The second kappa shape index (κ2) is 7.76. The number of carbonyl (C=O) groups excluding carboxylic acids is 2. The largest absolute Gasteiger partial charge is 0.497 e. The minimum atomic E-state index is -0.0301. The normalized spacial score (nSPS) is 20.7. The van der Waals surface area contributed by atoms with Crippen molar-refractivity contribution in [1.29, 1.82) is 0 Å². The van der Waals surface area contributed by atoms with Gasteiger partial charge in [0.05, 0.1) is 26.8 Å². The Balaban J connectivity index is 1.78. The molecule has 2 saturated heterocycles. The van der Waals surface area contributed by atoms with Crippen LogP contribution in [0.4, 0.5) is 0 Å². The molecule has 2 heterocycles. The number of methoxy groups -OCH3 is 2. The van der Waals surface area contributed by atoms with Gasteiger partial charge in [-0.2, -0.15) is 0 Å². The Kier molecular flexibility index (Phi) is 5.46. The summed E-state index contributed by atoms with van der Waals surface area (Å²) in [5.74, 6) is 1.62. The van der Waals surface area contributed by atoms with Gasteiger partial charge in [0.25, 0.3) is 0 Å². The monoisotopic (exact) mass is 346 g/mol. The molecule has 1 aromatic carbocycles. The Morgan fingerprint density at radius 3 is 2.72 bits per heavy atom. The average Bonchev–Trinajstić information content (AvgIpc) is 3.12. The van der Waals surface area contributed by atoms with Gasteiger partial charge in [0.15, 0.2) is 0 Å². The molecule has 2 aliphatic rings. The van der Waals surface area contributed by atoms with Crippen LogP contribution in [0, 0.1) is 0 Å². The van der Waals surface area contributed by atoms with Gasteiger partial charge < -0.3 is 19.3 Å². The lowest BCUT2D eigenvalue weighted by atomic mass is 10.0. The number of carbonyl (C=O) groups is 2. The third-order valence-corrected chi connectivity index (χ3v) is 5.12. The summed E-state index contributed by atoms with van der Waals surface area (Å²) in [6.45, 7) is 1.58.